The Balaban J connectivity index is 2.35. The Hall–Kier alpha value is -1.13. The van der Waals surface area contributed by atoms with Crippen LogP contribution >= 0.6 is 15.9 Å². The molecule has 20 heavy (non-hydrogen) atoms. The van der Waals surface area contributed by atoms with Gasteiger partial charge in [-0.3, -0.25) is 0 Å². The summed E-state index contributed by atoms with van der Waals surface area (Å²) < 4.78 is 3.06. The van der Waals surface area contributed by atoms with Gasteiger partial charge >= 0.3 is 0 Å². The van der Waals surface area contributed by atoms with Crippen LogP contribution in [0, 0.1) is 20.8 Å². The lowest BCUT2D eigenvalue weighted by molar-refractivity contribution is 0.644. The fraction of sp³-hybridized carbons (Fsp3) is 0.438. The molecule has 0 radical (unpaired) electrons. The molecule has 0 saturated carbocycles. The van der Waals surface area contributed by atoms with Crippen LogP contribution in [0.1, 0.15) is 35.9 Å². The molecule has 0 spiro atoms. The number of aryl methyl sites for hydroxylation is 2. The number of nitrogens with zero attached hydrogens (tertiary/aromatic N) is 2. The lowest BCUT2D eigenvalue weighted by Gasteiger charge is -2.13. The molecule has 0 amide bonds. The lowest BCUT2D eigenvalue weighted by atomic mass is 10.00. The van der Waals surface area contributed by atoms with Crippen LogP contribution in [-0.2, 0) is 6.42 Å². The van der Waals surface area contributed by atoms with Gasteiger partial charge in [-0.1, -0.05) is 13.0 Å². The number of hydrogen-bond acceptors (Lipinski definition) is 2. The molecule has 1 heterocycles. The molecule has 4 heteroatoms. The van der Waals surface area contributed by atoms with Crippen LogP contribution in [0.15, 0.2) is 22.7 Å². The Morgan fingerprint density at radius 3 is 2.50 bits per heavy atom. The summed E-state index contributed by atoms with van der Waals surface area (Å²) in [5.74, 6) is 0. The van der Waals surface area contributed by atoms with Crippen molar-refractivity contribution in [3.8, 4) is 5.69 Å². The number of nitrogens with two attached hydrogens (primary N) is 1. The van der Waals surface area contributed by atoms with Crippen molar-refractivity contribution in [1.29, 1.82) is 0 Å². The third-order valence-electron chi connectivity index (χ3n) is 3.78. The molecule has 1 aromatic heterocycles. The van der Waals surface area contributed by atoms with Crippen molar-refractivity contribution in [1.82, 2.24) is 9.78 Å². The number of aromatic nitrogens is 2. The molecular formula is C16H22BrN3. The van der Waals surface area contributed by atoms with E-state index in [0.717, 1.165) is 34.4 Å². The Labute approximate surface area is 129 Å². The Kier molecular flexibility index (Phi) is 4.66. The van der Waals surface area contributed by atoms with Gasteiger partial charge in [0.15, 0.2) is 0 Å². The van der Waals surface area contributed by atoms with Crippen molar-refractivity contribution >= 4 is 15.9 Å². The second kappa shape index (κ2) is 6.10. The lowest BCUT2D eigenvalue weighted by Crippen LogP contribution is -2.21. The van der Waals surface area contributed by atoms with Crippen molar-refractivity contribution in [2.24, 2.45) is 5.73 Å². The van der Waals surface area contributed by atoms with Gasteiger partial charge in [0, 0.05) is 6.04 Å². The number of rotatable bonds is 4. The third-order valence-corrected chi connectivity index (χ3v) is 4.93. The van der Waals surface area contributed by atoms with Gasteiger partial charge in [-0.25, -0.2) is 4.68 Å². The summed E-state index contributed by atoms with van der Waals surface area (Å²) in [7, 11) is 0. The molecule has 2 aromatic rings. The van der Waals surface area contributed by atoms with Crippen LogP contribution in [0.3, 0.4) is 0 Å². The summed E-state index contributed by atoms with van der Waals surface area (Å²) >= 11 is 3.57. The van der Waals surface area contributed by atoms with E-state index in [1.165, 1.54) is 11.1 Å². The average Bonchev–Trinajstić information content (AvgIpc) is 2.68. The third kappa shape index (κ3) is 2.96. The maximum absolute atomic E-state index is 6.05. The zero-order chi connectivity index (χ0) is 14.9. The van der Waals surface area contributed by atoms with E-state index in [1.54, 1.807) is 0 Å². The maximum atomic E-state index is 6.05. The van der Waals surface area contributed by atoms with Gasteiger partial charge in [-0.2, -0.15) is 5.10 Å². The van der Waals surface area contributed by atoms with Gasteiger partial charge < -0.3 is 5.73 Å². The van der Waals surface area contributed by atoms with Gasteiger partial charge in [-0.05, 0) is 72.8 Å². The molecule has 0 bridgehead atoms. The molecule has 0 fully saturated rings. The van der Waals surface area contributed by atoms with E-state index in [-0.39, 0.29) is 6.04 Å². The monoisotopic (exact) mass is 335 g/mol. The van der Waals surface area contributed by atoms with E-state index in [2.05, 4.69) is 60.0 Å². The molecule has 3 nitrogen and oxygen atoms in total. The highest BCUT2D eigenvalue weighted by atomic mass is 79.9. The first-order valence-corrected chi connectivity index (χ1v) is 7.80. The molecule has 0 aliphatic heterocycles. The molecule has 108 valence electrons. The summed E-state index contributed by atoms with van der Waals surface area (Å²) in [5.41, 5.74) is 11.9. The molecule has 1 aromatic carbocycles. The first-order valence-electron chi connectivity index (χ1n) is 7.01. The largest absolute Gasteiger partial charge is 0.327 e. The molecule has 1 atom stereocenters. The van der Waals surface area contributed by atoms with Crippen LogP contribution in [0.5, 0.6) is 0 Å². The molecule has 2 N–H and O–H groups in total. The van der Waals surface area contributed by atoms with E-state index in [0.29, 0.717) is 0 Å². The summed E-state index contributed by atoms with van der Waals surface area (Å²) in [4.78, 5) is 0. The zero-order valence-electron chi connectivity index (χ0n) is 12.6. The first kappa shape index (κ1) is 15.3. The Morgan fingerprint density at radius 1 is 1.30 bits per heavy atom. The second-order valence-corrected chi connectivity index (χ2v) is 6.17. The topological polar surface area (TPSA) is 43.8 Å². The Morgan fingerprint density at radius 2 is 2.00 bits per heavy atom. The zero-order valence-corrected chi connectivity index (χ0v) is 14.2. The van der Waals surface area contributed by atoms with E-state index >= 15 is 0 Å². The average molecular weight is 336 g/mol. The molecular weight excluding hydrogens is 314 g/mol. The minimum atomic E-state index is 0.238. The Bertz CT molecular complexity index is 616. The molecule has 0 saturated heterocycles. The summed E-state index contributed by atoms with van der Waals surface area (Å²) in [6.07, 6.45) is 1.94. The minimum Gasteiger partial charge on any atom is -0.327 e. The quantitative estimate of drug-likeness (QED) is 0.922. The van der Waals surface area contributed by atoms with Gasteiger partial charge in [0.1, 0.15) is 0 Å². The molecule has 0 aliphatic carbocycles. The number of hydrogen-bond donors (Lipinski definition) is 1. The normalized spacial score (nSPS) is 12.7. The molecule has 0 aliphatic rings. The maximum Gasteiger partial charge on any atom is 0.0743 e. The van der Waals surface area contributed by atoms with Crippen molar-refractivity contribution in [3.63, 3.8) is 0 Å². The van der Waals surface area contributed by atoms with Crippen molar-refractivity contribution in [2.75, 3.05) is 0 Å². The van der Waals surface area contributed by atoms with E-state index < -0.39 is 0 Å². The van der Waals surface area contributed by atoms with Gasteiger partial charge in [0.2, 0.25) is 0 Å². The highest BCUT2D eigenvalue weighted by Crippen LogP contribution is 2.24. The van der Waals surface area contributed by atoms with Crippen LogP contribution in [-0.4, -0.2) is 15.8 Å². The van der Waals surface area contributed by atoms with Gasteiger partial charge in [0.05, 0.1) is 21.5 Å². The van der Waals surface area contributed by atoms with Crippen LogP contribution < -0.4 is 5.73 Å². The standard InChI is InChI=1S/C16H22BrN3/c1-5-14(18)9-13-6-7-15(8-10(13)2)20-12(4)16(17)11(3)19-20/h6-8,14H,5,9,18H2,1-4H3. The van der Waals surface area contributed by atoms with E-state index in [9.17, 15) is 0 Å². The number of benzene rings is 1. The van der Waals surface area contributed by atoms with Gasteiger partial charge in [0.25, 0.3) is 0 Å². The highest BCUT2D eigenvalue weighted by molar-refractivity contribution is 9.10. The van der Waals surface area contributed by atoms with Crippen LogP contribution in [0.25, 0.3) is 5.69 Å². The summed E-state index contributed by atoms with van der Waals surface area (Å²) in [6, 6.07) is 6.72. The fourth-order valence-corrected chi connectivity index (χ4v) is 2.59. The summed E-state index contributed by atoms with van der Waals surface area (Å²) in [6.45, 7) is 8.35. The van der Waals surface area contributed by atoms with Gasteiger partial charge in [-0.15, -0.1) is 0 Å². The predicted octanol–water partition coefficient (Wildman–Crippen LogP) is 3.84. The highest BCUT2D eigenvalue weighted by Gasteiger charge is 2.11. The SMILES string of the molecule is CCC(N)Cc1ccc(-n2nc(C)c(Br)c2C)cc1C. The predicted molar refractivity (Wildman–Crippen MR) is 87.4 cm³/mol. The smallest absolute Gasteiger partial charge is 0.0743 e. The first-order chi connectivity index (χ1) is 9.43. The summed E-state index contributed by atoms with van der Waals surface area (Å²) in [5, 5.41) is 4.57. The van der Waals surface area contributed by atoms with Crippen molar-refractivity contribution < 1.29 is 0 Å². The number of halogens is 1. The van der Waals surface area contributed by atoms with Crippen molar-refractivity contribution in [3.05, 3.63) is 45.2 Å². The van der Waals surface area contributed by atoms with Crippen LogP contribution in [0.4, 0.5) is 0 Å². The fourth-order valence-electron chi connectivity index (χ4n) is 2.34. The van der Waals surface area contributed by atoms with E-state index in [1.807, 2.05) is 11.6 Å². The van der Waals surface area contributed by atoms with Crippen molar-refractivity contribution in [2.45, 2.75) is 46.6 Å². The molecule has 2 rings (SSSR count). The van der Waals surface area contributed by atoms with Crippen LogP contribution in [0.2, 0.25) is 0 Å². The second-order valence-electron chi connectivity index (χ2n) is 5.38. The minimum absolute atomic E-state index is 0.238. The molecule has 1 unspecified atom stereocenters. The van der Waals surface area contributed by atoms with E-state index in [4.69, 9.17) is 5.73 Å².